The maximum atomic E-state index is 13.8. The van der Waals surface area contributed by atoms with Crippen LogP contribution in [0.1, 0.15) is 6.42 Å². The van der Waals surface area contributed by atoms with Crippen LogP contribution in [0, 0.1) is 5.82 Å². The highest BCUT2D eigenvalue weighted by Crippen LogP contribution is 2.20. The molecule has 0 saturated carbocycles. The summed E-state index contributed by atoms with van der Waals surface area (Å²) in [6, 6.07) is 12.8. The molecule has 5 rings (SSSR count). The number of benzene rings is 2. The van der Waals surface area contributed by atoms with Crippen molar-refractivity contribution in [1.29, 1.82) is 0 Å². The molecular formula is C24H24FN7O3. The van der Waals surface area contributed by atoms with Gasteiger partial charge < -0.3 is 10.5 Å². The van der Waals surface area contributed by atoms with E-state index in [1.54, 1.807) is 30.3 Å². The Balaban J connectivity index is 1.42. The van der Waals surface area contributed by atoms with Crippen LogP contribution in [0.5, 0.6) is 5.75 Å². The van der Waals surface area contributed by atoms with Crippen molar-refractivity contribution in [3.8, 4) is 22.8 Å². The Hall–Kier alpha value is -3.96. The van der Waals surface area contributed by atoms with E-state index in [1.807, 2.05) is 0 Å². The highest BCUT2D eigenvalue weighted by Gasteiger charge is 2.19. The number of hydrogen-bond acceptors (Lipinski definition) is 8. The molecule has 35 heavy (non-hydrogen) atoms. The van der Waals surface area contributed by atoms with Crippen molar-refractivity contribution >= 4 is 11.2 Å². The number of nitrogens with zero attached hydrogens (tertiary/aromatic N) is 6. The molecule has 1 fully saturated rings. The maximum absolute atomic E-state index is 13.8. The van der Waals surface area contributed by atoms with Crippen LogP contribution in [0.25, 0.3) is 28.2 Å². The summed E-state index contributed by atoms with van der Waals surface area (Å²) < 4.78 is 21.7. The molecule has 0 aliphatic carbocycles. The second-order valence-corrected chi connectivity index (χ2v) is 8.49. The number of rotatable bonds is 6. The molecule has 10 nitrogen and oxygen atoms in total. The van der Waals surface area contributed by atoms with E-state index in [1.165, 1.54) is 25.2 Å². The van der Waals surface area contributed by atoms with Crippen LogP contribution in [0.3, 0.4) is 0 Å². The van der Waals surface area contributed by atoms with Gasteiger partial charge in [0.05, 0.1) is 5.69 Å². The number of hydrogen-bond donors (Lipinski definition) is 1. The van der Waals surface area contributed by atoms with E-state index in [0.717, 1.165) is 35.2 Å². The largest absolute Gasteiger partial charge is 0.492 e. The Morgan fingerprint density at radius 1 is 1.14 bits per heavy atom. The third kappa shape index (κ3) is 4.55. The molecule has 2 aromatic carbocycles. The first kappa shape index (κ1) is 22.8. The van der Waals surface area contributed by atoms with Crippen molar-refractivity contribution in [2.75, 3.05) is 26.2 Å². The van der Waals surface area contributed by atoms with Crippen LogP contribution in [-0.4, -0.2) is 61.5 Å². The number of aromatic nitrogens is 5. The molecule has 1 atom stereocenters. The first-order chi connectivity index (χ1) is 16.9. The molecule has 2 N–H and O–H groups in total. The van der Waals surface area contributed by atoms with Crippen LogP contribution in [-0.2, 0) is 7.05 Å². The van der Waals surface area contributed by atoms with Crippen molar-refractivity contribution in [2.45, 2.75) is 12.5 Å². The van der Waals surface area contributed by atoms with Crippen molar-refractivity contribution in [1.82, 2.24) is 29.2 Å². The highest BCUT2D eigenvalue weighted by molar-refractivity contribution is 5.73. The zero-order valence-electron chi connectivity index (χ0n) is 19.1. The van der Waals surface area contributed by atoms with E-state index in [4.69, 9.17) is 10.5 Å². The smallest absolute Gasteiger partial charge is 0.337 e. The van der Waals surface area contributed by atoms with Crippen molar-refractivity contribution in [3.63, 3.8) is 0 Å². The van der Waals surface area contributed by atoms with Crippen LogP contribution in [0.4, 0.5) is 4.39 Å². The SMILES string of the molecule is Cn1c(=O)c2nc(-c3ccc(OCCN4CCC(N)C4)cc3)nnc2n(-c2cccc(F)c2)c1=O. The summed E-state index contributed by atoms with van der Waals surface area (Å²) in [5, 5.41) is 8.24. The summed E-state index contributed by atoms with van der Waals surface area (Å²) in [7, 11) is 1.34. The van der Waals surface area contributed by atoms with Gasteiger partial charge in [0.2, 0.25) is 0 Å². The average molecular weight is 478 g/mol. The fourth-order valence-corrected chi connectivity index (χ4v) is 4.13. The van der Waals surface area contributed by atoms with Gasteiger partial charge in [-0.3, -0.25) is 14.3 Å². The van der Waals surface area contributed by atoms with Gasteiger partial charge in [0.25, 0.3) is 5.56 Å². The third-order valence-corrected chi connectivity index (χ3v) is 6.03. The Morgan fingerprint density at radius 3 is 2.66 bits per heavy atom. The van der Waals surface area contributed by atoms with E-state index < -0.39 is 17.1 Å². The lowest BCUT2D eigenvalue weighted by molar-refractivity contribution is 0.236. The third-order valence-electron chi connectivity index (χ3n) is 6.03. The normalized spacial score (nSPS) is 16.1. The summed E-state index contributed by atoms with van der Waals surface area (Å²) in [5.74, 6) is 0.388. The van der Waals surface area contributed by atoms with Crippen LogP contribution < -0.4 is 21.7 Å². The predicted molar refractivity (Wildman–Crippen MR) is 128 cm³/mol. The Labute approximate surface area is 199 Å². The second kappa shape index (κ2) is 9.35. The van der Waals surface area contributed by atoms with Gasteiger partial charge in [-0.1, -0.05) is 6.07 Å². The highest BCUT2D eigenvalue weighted by atomic mass is 19.1. The fraction of sp³-hybridized carbons (Fsp3) is 0.292. The molecule has 0 amide bonds. The summed E-state index contributed by atoms with van der Waals surface area (Å²) in [5.41, 5.74) is 5.39. The predicted octanol–water partition coefficient (Wildman–Crippen LogP) is 1.09. The lowest BCUT2D eigenvalue weighted by Crippen LogP contribution is -2.38. The molecule has 0 spiro atoms. The van der Waals surface area contributed by atoms with Crippen molar-refractivity contribution < 1.29 is 9.13 Å². The molecule has 180 valence electrons. The van der Waals surface area contributed by atoms with Gasteiger partial charge in [0, 0.05) is 31.7 Å². The number of fused-ring (bicyclic) bond motifs is 1. The minimum absolute atomic E-state index is 0.0472. The van der Waals surface area contributed by atoms with Gasteiger partial charge in [0.15, 0.2) is 17.0 Å². The monoisotopic (exact) mass is 477 g/mol. The molecule has 0 bridgehead atoms. The Kier molecular flexibility index (Phi) is 6.10. The van der Waals surface area contributed by atoms with Gasteiger partial charge in [-0.15, -0.1) is 10.2 Å². The lowest BCUT2D eigenvalue weighted by atomic mass is 10.2. The van der Waals surface area contributed by atoms with Gasteiger partial charge in [-0.05, 0) is 55.4 Å². The van der Waals surface area contributed by atoms with Crippen molar-refractivity contribution in [3.05, 3.63) is 75.2 Å². The summed E-state index contributed by atoms with van der Waals surface area (Å²) >= 11 is 0. The van der Waals surface area contributed by atoms with Crippen LogP contribution >= 0.6 is 0 Å². The summed E-state index contributed by atoms with van der Waals surface area (Å²) in [4.78, 5) is 32.2. The molecule has 0 radical (unpaired) electrons. The van der Waals surface area contributed by atoms with Crippen LogP contribution in [0.2, 0.25) is 0 Å². The van der Waals surface area contributed by atoms with Gasteiger partial charge >= 0.3 is 5.69 Å². The Bertz CT molecular complexity index is 1500. The molecule has 1 saturated heterocycles. The minimum atomic E-state index is -0.672. The van der Waals surface area contributed by atoms with Gasteiger partial charge in [-0.2, -0.15) is 0 Å². The standard InChI is InChI=1S/C24H24FN7O3/c1-30-23(33)20-22(32(24(30)34)18-4-2-3-16(25)13-18)29-28-21(27-20)15-5-7-19(8-6-15)35-12-11-31-10-9-17(26)14-31/h2-8,13,17H,9-12,14,26H2,1H3. The molecule has 4 aromatic rings. The summed E-state index contributed by atoms with van der Waals surface area (Å²) in [6.45, 7) is 3.24. The van der Waals surface area contributed by atoms with Gasteiger partial charge in [-0.25, -0.2) is 18.7 Å². The topological polar surface area (TPSA) is 121 Å². The molecule has 1 aliphatic heterocycles. The average Bonchev–Trinajstić information content (AvgIpc) is 3.28. The molecule has 11 heteroatoms. The van der Waals surface area contributed by atoms with Gasteiger partial charge in [0.1, 0.15) is 18.2 Å². The molecular weight excluding hydrogens is 453 g/mol. The number of ether oxygens (including phenoxy) is 1. The van der Waals surface area contributed by atoms with E-state index in [0.29, 0.717) is 17.9 Å². The van der Waals surface area contributed by atoms with E-state index >= 15 is 0 Å². The van der Waals surface area contributed by atoms with Crippen LogP contribution in [0.15, 0.2) is 58.1 Å². The van der Waals surface area contributed by atoms with E-state index in [9.17, 15) is 14.0 Å². The lowest BCUT2D eigenvalue weighted by Gasteiger charge is -2.15. The minimum Gasteiger partial charge on any atom is -0.492 e. The van der Waals surface area contributed by atoms with Crippen molar-refractivity contribution in [2.24, 2.45) is 12.8 Å². The van der Waals surface area contributed by atoms with E-state index in [-0.39, 0.29) is 28.7 Å². The number of nitrogens with two attached hydrogens (primary N) is 1. The molecule has 1 unspecified atom stereocenters. The second-order valence-electron chi connectivity index (χ2n) is 8.49. The first-order valence-corrected chi connectivity index (χ1v) is 11.2. The molecule has 1 aliphatic rings. The Morgan fingerprint density at radius 2 is 1.94 bits per heavy atom. The first-order valence-electron chi connectivity index (χ1n) is 11.2. The number of halogens is 1. The molecule has 3 heterocycles. The maximum Gasteiger partial charge on any atom is 0.337 e. The quantitative estimate of drug-likeness (QED) is 0.438. The fourth-order valence-electron chi connectivity index (χ4n) is 4.13. The van der Waals surface area contributed by atoms with E-state index in [2.05, 4.69) is 20.1 Å². The zero-order valence-corrected chi connectivity index (χ0v) is 19.1. The molecule has 2 aromatic heterocycles. The summed E-state index contributed by atoms with van der Waals surface area (Å²) in [6.07, 6.45) is 1.01. The zero-order chi connectivity index (χ0) is 24.5. The number of likely N-dealkylation sites (tertiary alicyclic amines) is 1.